The normalized spacial score (nSPS) is 11.0. The minimum Gasteiger partial charge on any atom is -0.493 e. The van der Waals surface area contributed by atoms with Crippen molar-refractivity contribution in [2.24, 2.45) is 5.10 Å². The Kier molecular flexibility index (Phi) is 6.87. The predicted molar refractivity (Wildman–Crippen MR) is 120 cm³/mol. The molecule has 2 aromatic carbocycles. The SMILES string of the molecule is CCOC(=O)COc1c(I)cc(C=Nn2c(=O)[nH]c3ccccc3c2=O)cc1OC. The van der Waals surface area contributed by atoms with Gasteiger partial charge in [-0.1, -0.05) is 12.1 Å². The Labute approximate surface area is 184 Å². The first-order valence-electron chi connectivity index (χ1n) is 8.89. The molecule has 0 aliphatic rings. The number of rotatable bonds is 7. The molecule has 3 rings (SSSR count). The van der Waals surface area contributed by atoms with Crippen molar-refractivity contribution >= 4 is 45.7 Å². The Morgan fingerprint density at radius 2 is 2.03 bits per heavy atom. The van der Waals surface area contributed by atoms with Crippen LogP contribution in [0.5, 0.6) is 11.5 Å². The van der Waals surface area contributed by atoms with E-state index in [9.17, 15) is 14.4 Å². The summed E-state index contributed by atoms with van der Waals surface area (Å²) < 4.78 is 17.1. The van der Waals surface area contributed by atoms with Crippen LogP contribution < -0.4 is 20.7 Å². The Bertz CT molecular complexity index is 1230. The van der Waals surface area contributed by atoms with E-state index >= 15 is 0 Å². The second-order valence-electron chi connectivity index (χ2n) is 5.97. The Hall–Kier alpha value is -3.15. The topological polar surface area (TPSA) is 112 Å². The number of ether oxygens (including phenoxy) is 3. The molecule has 0 aliphatic carbocycles. The van der Waals surface area contributed by atoms with E-state index in [-0.39, 0.29) is 13.2 Å². The summed E-state index contributed by atoms with van der Waals surface area (Å²) in [6.45, 7) is 1.72. The summed E-state index contributed by atoms with van der Waals surface area (Å²) in [5.41, 5.74) is -0.162. The molecule has 0 radical (unpaired) electrons. The zero-order chi connectivity index (χ0) is 21.7. The number of para-hydroxylation sites is 1. The molecule has 1 aromatic heterocycles. The van der Waals surface area contributed by atoms with E-state index in [0.29, 0.717) is 31.5 Å². The molecule has 0 spiro atoms. The van der Waals surface area contributed by atoms with Crippen molar-refractivity contribution in [3.63, 3.8) is 0 Å². The van der Waals surface area contributed by atoms with Crippen LogP contribution in [0.2, 0.25) is 0 Å². The second-order valence-corrected chi connectivity index (χ2v) is 7.13. The first kappa shape index (κ1) is 21.6. The van der Waals surface area contributed by atoms with Crippen LogP contribution >= 0.6 is 22.6 Å². The molecule has 0 saturated carbocycles. The first-order chi connectivity index (χ1) is 14.4. The Balaban J connectivity index is 1.92. The predicted octanol–water partition coefficient (Wildman–Crippen LogP) is 2.13. The first-order valence-corrected chi connectivity index (χ1v) is 9.96. The number of hydrogen-bond acceptors (Lipinski definition) is 7. The molecule has 0 aliphatic heterocycles. The average Bonchev–Trinajstić information content (AvgIpc) is 2.72. The lowest BCUT2D eigenvalue weighted by Crippen LogP contribution is -2.32. The molecular formula is C20H18IN3O6. The smallest absolute Gasteiger partial charge is 0.349 e. The minimum atomic E-state index is -0.647. The number of nitrogens with one attached hydrogen (secondary N) is 1. The van der Waals surface area contributed by atoms with E-state index in [2.05, 4.69) is 10.1 Å². The van der Waals surface area contributed by atoms with Crippen molar-refractivity contribution in [3.8, 4) is 11.5 Å². The number of halogens is 1. The standard InChI is InChI=1S/C20H18IN3O6/c1-3-29-17(25)11-30-18-14(21)8-12(9-16(18)28-2)10-22-24-19(26)13-6-4-5-7-15(13)23-20(24)27/h4-10H,3,11H2,1-2H3,(H,23,27). The lowest BCUT2D eigenvalue weighted by atomic mass is 10.2. The molecule has 1 heterocycles. The lowest BCUT2D eigenvalue weighted by molar-refractivity contribution is -0.145. The summed E-state index contributed by atoms with van der Waals surface area (Å²) in [6, 6.07) is 10.0. The third kappa shape index (κ3) is 4.70. The van der Waals surface area contributed by atoms with Crippen molar-refractivity contribution < 1.29 is 19.0 Å². The van der Waals surface area contributed by atoms with Gasteiger partial charge >= 0.3 is 11.7 Å². The molecule has 0 amide bonds. The van der Waals surface area contributed by atoms with Gasteiger partial charge in [0.05, 0.1) is 34.4 Å². The number of H-pyrrole nitrogens is 1. The van der Waals surface area contributed by atoms with Crippen molar-refractivity contribution in [2.75, 3.05) is 20.3 Å². The van der Waals surface area contributed by atoms with Gasteiger partial charge in [0, 0.05) is 0 Å². The third-order valence-electron chi connectivity index (χ3n) is 4.00. The lowest BCUT2D eigenvalue weighted by Gasteiger charge is -2.13. The van der Waals surface area contributed by atoms with Gasteiger partial charge in [0.1, 0.15) is 0 Å². The fourth-order valence-corrected chi connectivity index (χ4v) is 3.45. The number of fused-ring (bicyclic) bond motifs is 1. The number of hydrogen-bond donors (Lipinski definition) is 1. The number of carbonyl (C=O) groups excluding carboxylic acids is 1. The van der Waals surface area contributed by atoms with E-state index in [4.69, 9.17) is 14.2 Å². The van der Waals surface area contributed by atoms with Crippen LogP contribution in [0.4, 0.5) is 0 Å². The van der Waals surface area contributed by atoms with Crippen LogP contribution in [0.3, 0.4) is 0 Å². The van der Waals surface area contributed by atoms with Gasteiger partial charge in [0.25, 0.3) is 5.56 Å². The summed E-state index contributed by atoms with van der Waals surface area (Å²) in [5.74, 6) is 0.257. The van der Waals surface area contributed by atoms with Crippen LogP contribution in [-0.4, -0.2) is 42.2 Å². The zero-order valence-corrected chi connectivity index (χ0v) is 18.3. The van der Waals surface area contributed by atoms with Gasteiger partial charge in [-0.2, -0.15) is 5.10 Å². The highest BCUT2D eigenvalue weighted by atomic mass is 127. The highest BCUT2D eigenvalue weighted by Gasteiger charge is 2.14. The molecule has 0 atom stereocenters. The Morgan fingerprint density at radius 1 is 1.27 bits per heavy atom. The number of benzene rings is 2. The maximum absolute atomic E-state index is 12.6. The molecule has 30 heavy (non-hydrogen) atoms. The minimum absolute atomic E-state index is 0.254. The molecule has 3 aromatic rings. The monoisotopic (exact) mass is 523 g/mol. The van der Waals surface area contributed by atoms with Crippen molar-refractivity contribution in [1.82, 2.24) is 9.66 Å². The maximum atomic E-state index is 12.6. The molecule has 0 fully saturated rings. The summed E-state index contributed by atoms with van der Waals surface area (Å²) in [4.78, 5) is 38.9. The largest absolute Gasteiger partial charge is 0.493 e. The summed E-state index contributed by atoms with van der Waals surface area (Å²) in [7, 11) is 1.46. The quantitative estimate of drug-likeness (QED) is 0.289. The highest BCUT2D eigenvalue weighted by molar-refractivity contribution is 14.1. The van der Waals surface area contributed by atoms with E-state index < -0.39 is 17.2 Å². The summed E-state index contributed by atoms with van der Waals surface area (Å²) in [5, 5.41) is 4.38. The van der Waals surface area contributed by atoms with Crippen LogP contribution in [0, 0.1) is 3.57 Å². The number of methoxy groups -OCH3 is 1. The van der Waals surface area contributed by atoms with Gasteiger partial charge in [-0.15, -0.1) is 4.68 Å². The molecule has 0 bridgehead atoms. The van der Waals surface area contributed by atoms with Gasteiger partial charge in [-0.05, 0) is 59.3 Å². The Morgan fingerprint density at radius 3 is 2.77 bits per heavy atom. The van der Waals surface area contributed by atoms with Crippen molar-refractivity contribution in [3.05, 3.63) is 66.4 Å². The molecule has 0 saturated heterocycles. The maximum Gasteiger partial charge on any atom is 0.349 e. The zero-order valence-electron chi connectivity index (χ0n) is 16.2. The molecular weight excluding hydrogens is 505 g/mol. The molecule has 0 unspecified atom stereocenters. The van der Waals surface area contributed by atoms with Crippen LogP contribution in [-0.2, 0) is 9.53 Å². The number of esters is 1. The van der Waals surface area contributed by atoms with E-state index in [1.165, 1.54) is 13.3 Å². The molecule has 156 valence electrons. The number of aromatic nitrogens is 2. The van der Waals surface area contributed by atoms with Gasteiger partial charge in [-0.3, -0.25) is 4.79 Å². The second kappa shape index (κ2) is 9.57. The van der Waals surface area contributed by atoms with Gasteiger partial charge in [0.2, 0.25) is 0 Å². The number of nitrogens with zero attached hydrogens (tertiary/aromatic N) is 2. The van der Waals surface area contributed by atoms with Crippen molar-refractivity contribution in [2.45, 2.75) is 6.92 Å². The summed E-state index contributed by atoms with van der Waals surface area (Å²) in [6.07, 6.45) is 1.37. The molecule has 1 N–H and O–H groups in total. The summed E-state index contributed by atoms with van der Waals surface area (Å²) >= 11 is 2.03. The molecule has 10 heteroatoms. The van der Waals surface area contributed by atoms with Crippen LogP contribution in [0.25, 0.3) is 10.9 Å². The van der Waals surface area contributed by atoms with E-state index in [1.54, 1.807) is 43.3 Å². The van der Waals surface area contributed by atoms with Crippen molar-refractivity contribution in [1.29, 1.82) is 0 Å². The highest BCUT2D eigenvalue weighted by Crippen LogP contribution is 2.33. The van der Waals surface area contributed by atoms with Crippen LogP contribution in [0.1, 0.15) is 12.5 Å². The average molecular weight is 523 g/mol. The van der Waals surface area contributed by atoms with Gasteiger partial charge in [0.15, 0.2) is 18.1 Å². The van der Waals surface area contributed by atoms with E-state index in [0.717, 1.165) is 4.68 Å². The van der Waals surface area contributed by atoms with E-state index in [1.807, 2.05) is 22.6 Å². The fourth-order valence-electron chi connectivity index (χ4n) is 2.67. The third-order valence-corrected chi connectivity index (χ3v) is 4.80. The van der Waals surface area contributed by atoms with Crippen LogP contribution in [0.15, 0.2) is 51.1 Å². The number of aromatic amines is 1. The van der Waals surface area contributed by atoms with Gasteiger partial charge in [-0.25, -0.2) is 9.59 Å². The van der Waals surface area contributed by atoms with Gasteiger partial charge < -0.3 is 19.2 Å². The fraction of sp³-hybridized carbons (Fsp3) is 0.200. The molecule has 9 nitrogen and oxygen atoms in total. The number of carbonyl (C=O) groups is 1.